The molecule has 0 fully saturated rings. The zero-order chi connectivity index (χ0) is 23.5. The van der Waals surface area contributed by atoms with Crippen LogP contribution in [0.5, 0.6) is 0 Å². The summed E-state index contributed by atoms with van der Waals surface area (Å²) < 4.78 is 0.520. The number of aromatic nitrogens is 3. The van der Waals surface area contributed by atoms with E-state index in [-0.39, 0.29) is 35.1 Å². The number of hydrogen-bond donors (Lipinski definition) is 2. The van der Waals surface area contributed by atoms with Crippen LogP contribution in [0.2, 0.25) is 0 Å². The number of nitro groups is 1. The van der Waals surface area contributed by atoms with Gasteiger partial charge in [-0.15, -0.1) is 11.3 Å². The van der Waals surface area contributed by atoms with Gasteiger partial charge in [-0.25, -0.2) is 4.98 Å². The van der Waals surface area contributed by atoms with Crippen molar-refractivity contribution in [2.45, 2.75) is 19.5 Å². The average molecular weight is 465 g/mol. The smallest absolute Gasteiger partial charge is 0.293 e. The lowest BCUT2D eigenvalue weighted by molar-refractivity contribution is -0.384. The minimum absolute atomic E-state index is 0.0460. The number of nitrogens with zero attached hydrogens (tertiary/aromatic N) is 4. The number of thiophene rings is 1. The maximum atomic E-state index is 12.9. The number of nitro benzene ring substituents is 1. The summed E-state index contributed by atoms with van der Waals surface area (Å²) in [4.78, 5) is 48.9. The number of fused-ring (bicyclic) bond motifs is 1. The summed E-state index contributed by atoms with van der Waals surface area (Å²) in [6.07, 6.45) is 1.65. The summed E-state index contributed by atoms with van der Waals surface area (Å²) in [5.74, 6) is -0.103. The van der Waals surface area contributed by atoms with Crippen molar-refractivity contribution in [3.8, 4) is 0 Å². The lowest BCUT2D eigenvalue weighted by atomic mass is 10.1. The van der Waals surface area contributed by atoms with E-state index >= 15 is 0 Å². The molecule has 33 heavy (non-hydrogen) atoms. The number of anilines is 1. The monoisotopic (exact) mass is 464 g/mol. The minimum Gasteiger partial charge on any atom is -0.371 e. The third-order valence-corrected chi connectivity index (χ3v) is 5.94. The summed E-state index contributed by atoms with van der Waals surface area (Å²) in [6.45, 7) is 1.89. The van der Waals surface area contributed by atoms with Gasteiger partial charge in [-0.3, -0.25) is 24.7 Å². The number of pyridine rings is 1. The van der Waals surface area contributed by atoms with E-state index in [1.165, 1.54) is 34.4 Å². The van der Waals surface area contributed by atoms with Crippen molar-refractivity contribution >= 4 is 38.8 Å². The molecule has 4 rings (SSSR count). The molecule has 0 aliphatic heterocycles. The Morgan fingerprint density at radius 2 is 2.12 bits per heavy atom. The normalized spacial score (nSPS) is 11.8. The van der Waals surface area contributed by atoms with Crippen LogP contribution in [-0.4, -0.2) is 37.7 Å². The number of carbonyl (C=O) groups excluding carboxylic acids is 1. The van der Waals surface area contributed by atoms with E-state index in [2.05, 4.69) is 20.3 Å². The van der Waals surface area contributed by atoms with E-state index < -0.39 is 10.8 Å². The highest BCUT2D eigenvalue weighted by atomic mass is 32.1. The van der Waals surface area contributed by atoms with E-state index in [9.17, 15) is 19.7 Å². The molecule has 11 heteroatoms. The first kappa shape index (κ1) is 22.1. The SMILES string of the molecule is CC(Nc1ccc(C(=O)N(C)Cc2nc3ccsc3c(=O)[nH]2)cc1[N+](=O)[O-])c1ccccn1. The molecule has 3 aromatic heterocycles. The van der Waals surface area contributed by atoms with Gasteiger partial charge in [-0.2, -0.15) is 0 Å². The molecule has 1 amide bonds. The van der Waals surface area contributed by atoms with Gasteiger partial charge in [0.25, 0.3) is 17.2 Å². The fourth-order valence-corrected chi connectivity index (χ4v) is 4.12. The lowest BCUT2D eigenvalue weighted by Gasteiger charge is -2.18. The maximum Gasteiger partial charge on any atom is 0.293 e. The predicted octanol–water partition coefficient (Wildman–Crippen LogP) is 3.73. The predicted molar refractivity (Wildman–Crippen MR) is 125 cm³/mol. The molecule has 0 aliphatic rings. The quantitative estimate of drug-likeness (QED) is 0.314. The zero-order valence-corrected chi connectivity index (χ0v) is 18.6. The van der Waals surface area contributed by atoms with Gasteiger partial charge in [0.1, 0.15) is 16.2 Å². The van der Waals surface area contributed by atoms with Crippen LogP contribution in [0, 0.1) is 10.1 Å². The third-order valence-electron chi connectivity index (χ3n) is 5.04. The number of rotatable bonds is 7. The lowest BCUT2D eigenvalue weighted by Crippen LogP contribution is -2.28. The molecule has 1 unspecified atom stereocenters. The number of carbonyl (C=O) groups is 1. The van der Waals surface area contributed by atoms with Crippen molar-refractivity contribution < 1.29 is 9.72 Å². The molecule has 1 atom stereocenters. The molecule has 2 N–H and O–H groups in total. The largest absolute Gasteiger partial charge is 0.371 e. The second-order valence-corrected chi connectivity index (χ2v) is 8.33. The molecule has 3 heterocycles. The number of hydrogen-bond acceptors (Lipinski definition) is 8. The summed E-state index contributed by atoms with van der Waals surface area (Å²) >= 11 is 1.29. The van der Waals surface area contributed by atoms with Gasteiger partial charge in [-0.1, -0.05) is 6.07 Å². The number of amides is 1. The maximum absolute atomic E-state index is 12.9. The van der Waals surface area contributed by atoms with Crippen LogP contribution >= 0.6 is 11.3 Å². The molecule has 10 nitrogen and oxygen atoms in total. The zero-order valence-electron chi connectivity index (χ0n) is 17.8. The van der Waals surface area contributed by atoms with Crippen molar-refractivity contribution in [2.75, 3.05) is 12.4 Å². The van der Waals surface area contributed by atoms with E-state index in [4.69, 9.17) is 0 Å². The molecular formula is C22H20N6O4S. The van der Waals surface area contributed by atoms with Gasteiger partial charge >= 0.3 is 0 Å². The van der Waals surface area contributed by atoms with Gasteiger partial charge in [0, 0.05) is 24.9 Å². The first-order valence-corrected chi connectivity index (χ1v) is 10.9. The Hall–Kier alpha value is -4.12. The van der Waals surface area contributed by atoms with Gasteiger partial charge in [-0.05, 0) is 42.6 Å². The van der Waals surface area contributed by atoms with Crippen LogP contribution in [-0.2, 0) is 6.54 Å². The van der Waals surface area contributed by atoms with E-state index in [1.807, 2.05) is 19.1 Å². The molecular weight excluding hydrogens is 444 g/mol. The van der Waals surface area contributed by atoms with Gasteiger partial charge in [0.2, 0.25) is 0 Å². The Bertz CT molecular complexity index is 1380. The van der Waals surface area contributed by atoms with Gasteiger partial charge < -0.3 is 15.2 Å². The topological polar surface area (TPSA) is 134 Å². The van der Waals surface area contributed by atoms with Gasteiger partial charge in [0.05, 0.1) is 28.7 Å². The third kappa shape index (κ3) is 4.72. The first-order chi connectivity index (χ1) is 15.8. The van der Waals surface area contributed by atoms with Crippen molar-refractivity contribution in [3.63, 3.8) is 0 Å². The number of aromatic amines is 1. The average Bonchev–Trinajstić information content (AvgIpc) is 3.28. The Morgan fingerprint density at radius 3 is 2.85 bits per heavy atom. The molecule has 0 radical (unpaired) electrons. The van der Waals surface area contributed by atoms with E-state index in [0.717, 1.165) is 5.69 Å². The molecule has 168 valence electrons. The summed E-state index contributed by atoms with van der Waals surface area (Å²) in [5, 5.41) is 16.5. The molecule has 0 saturated heterocycles. The second kappa shape index (κ2) is 9.17. The second-order valence-electron chi connectivity index (χ2n) is 7.42. The molecule has 4 aromatic rings. The number of benzene rings is 1. The Morgan fingerprint density at radius 1 is 1.30 bits per heavy atom. The van der Waals surface area contributed by atoms with Gasteiger partial charge in [0.15, 0.2) is 0 Å². The summed E-state index contributed by atoms with van der Waals surface area (Å²) in [6, 6.07) is 11.2. The number of nitrogens with one attached hydrogen (secondary N) is 2. The minimum atomic E-state index is -0.534. The van der Waals surface area contributed by atoms with Crippen LogP contribution in [0.25, 0.3) is 10.2 Å². The fourth-order valence-electron chi connectivity index (χ4n) is 3.39. The summed E-state index contributed by atoms with van der Waals surface area (Å²) in [5.41, 5.74) is 1.25. The van der Waals surface area contributed by atoms with E-state index in [1.54, 1.807) is 30.8 Å². The molecule has 0 aliphatic carbocycles. The summed E-state index contributed by atoms with van der Waals surface area (Å²) in [7, 11) is 1.54. The van der Waals surface area contributed by atoms with Crippen molar-refractivity contribution in [2.24, 2.45) is 0 Å². The number of H-pyrrole nitrogens is 1. The molecule has 0 saturated carbocycles. The Labute approximate surface area is 192 Å². The highest BCUT2D eigenvalue weighted by molar-refractivity contribution is 7.17. The highest BCUT2D eigenvalue weighted by Crippen LogP contribution is 2.29. The first-order valence-electron chi connectivity index (χ1n) is 10.0. The molecule has 0 bridgehead atoms. The van der Waals surface area contributed by atoms with Crippen LogP contribution in [0.4, 0.5) is 11.4 Å². The van der Waals surface area contributed by atoms with Crippen LogP contribution in [0.3, 0.4) is 0 Å². The van der Waals surface area contributed by atoms with Crippen molar-refractivity contribution in [1.29, 1.82) is 0 Å². The van der Waals surface area contributed by atoms with Crippen LogP contribution in [0.15, 0.2) is 58.8 Å². The fraction of sp³-hybridized carbons (Fsp3) is 0.182. The van der Waals surface area contributed by atoms with Crippen molar-refractivity contribution in [1.82, 2.24) is 19.9 Å². The molecule has 0 spiro atoms. The Kier molecular flexibility index (Phi) is 6.13. The van der Waals surface area contributed by atoms with Crippen LogP contribution in [0.1, 0.15) is 34.8 Å². The molecule has 1 aromatic carbocycles. The Balaban J connectivity index is 1.55. The van der Waals surface area contributed by atoms with E-state index in [0.29, 0.717) is 16.0 Å². The van der Waals surface area contributed by atoms with Crippen molar-refractivity contribution in [3.05, 3.63) is 91.6 Å². The van der Waals surface area contributed by atoms with Crippen LogP contribution < -0.4 is 10.9 Å². The standard InChI is InChI=1S/C22H20N6O4S/c1-13(15-5-3-4-9-23-15)24-16-7-6-14(11-18(16)28(31)32)22(30)27(2)12-19-25-17-8-10-33-20(17)21(29)26-19/h3-11,13,24H,12H2,1-2H3,(H,25,26,29). The highest BCUT2D eigenvalue weighted by Gasteiger charge is 2.22.